The van der Waals surface area contributed by atoms with E-state index in [1.54, 1.807) is 61.5 Å². The molecule has 1 saturated heterocycles. The number of esters is 1. The lowest BCUT2D eigenvalue weighted by molar-refractivity contribution is -0.145. The maximum Gasteiger partial charge on any atom is 0.344 e. The third kappa shape index (κ3) is 5.62. The first-order valence-corrected chi connectivity index (χ1v) is 10.0. The average molecular weight is 432 g/mol. The molecular formula is C21H18ClNO5S. The van der Waals surface area contributed by atoms with E-state index >= 15 is 0 Å². The van der Waals surface area contributed by atoms with Crippen molar-refractivity contribution in [3.63, 3.8) is 0 Å². The molecule has 0 N–H and O–H groups in total. The van der Waals surface area contributed by atoms with Gasteiger partial charge in [0, 0.05) is 5.02 Å². The lowest BCUT2D eigenvalue weighted by Gasteiger charge is -2.12. The molecule has 0 unspecified atom stereocenters. The van der Waals surface area contributed by atoms with E-state index in [4.69, 9.17) is 21.1 Å². The molecule has 3 rings (SSSR count). The normalized spacial score (nSPS) is 15.1. The molecule has 0 aromatic heterocycles. The molecule has 2 aromatic carbocycles. The van der Waals surface area contributed by atoms with E-state index in [9.17, 15) is 14.4 Å². The van der Waals surface area contributed by atoms with Crippen LogP contribution in [0.25, 0.3) is 6.08 Å². The molecule has 2 amide bonds. The number of halogens is 1. The van der Waals surface area contributed by atoms with Gasteiger partial charge in [0.05, 0.1) is 18.1 Å². The third-order valence-electron chi connectivity index (χ3n) is 3.97. The Morgan fingerprint density at radius 3 is 2.45 bits per heavy atom. The van der Waals surface area contributed by atoms with Crippen LogP contribution >= 0.6 is 23.4 Å². The van der Waals surface area contributed by atoms with Crippen molar-refractivity contribution in [3.05, 3.63) is 69.6 Å². The lowest BCUT2D eigenvalue weighted by atomic mass is 10.2. The third-order valence-corrected chi connectivity index (χ3v) is 5.13. The van der Waals surface area contributed by atoms with Gasteiger partial charge in [0.25, 0.3) is 11.1 Å². The largest absolute Gasteiger partial charge is 0.482 e. The van der Waals surface area contributed by atoms with Crippen molar-refractivity contribution in [2.24, 2.45) is 0 Å². The maximum absolute atomic E-state index is 12.6. The molecule has 0 aliphatic carbocycles. The van der Waals surface area contributed by atoms with Crippen LogP contribution in [-0.4, -0.2) is 35.2 Å². The number of carbonyl (C=O) groups excluding carboxylic acids is 3. The second-order valence-corrected chi connectivity index (χ2v) is 7.49. The number of imide groups is 1. The van der Waals surface area contributed by atoms with Crippen LogP contribution < -0.4 is 4.74 Å². The quantitative estimate of drug-likeness (QED) is 0.474. The molecule has 150 valence electrons. The SMILES string of the molecule is CCOC(=O)COc1ccc(/C=C2\SC(=O)N(Cc3ccc(Cl)cc3)C2=O)cc1. The molecular weight excluding hydrogens is 414 g/mol. The fourth-order valence-corrected chi connectivity index (χ4v) is 3.53. The van der Waals surface area contributed by atoms with E-state index in [0.717, 1.165) is 22.9 Å². The number of amides is 2. The van der Waals surface area contributed by atoms with Gasteiger partial charge in [0.2, 0.25) is 0 Å². The van der Waals surface area contributed by atoms with Crippen molar-refractivity contribution in [3.8, 4) is 5.75 Å². The van der Waals surface area contributed by atoms with E-state index in [1.165, 1.54) is 4.90 Å². The second kappa shape index (κ2) is 9.62. The highest BCUT2D eigenvalue weighted by molar-refractivity contribution is 8.18. The molecule has 29 heavy (non-hydrogen) atoms. The van der Waals surface area contributed by atoms with Crippen LogP contribution in [0, 0.1) is 0 Å². The molecule has 1 aliphatic rings. The van der Waals surface area contributed by atoms with Crippen LogP contribution in [0.5, 0.6) is 5.75 Å². The van der Waals surface area contributed by atoms with Gasteiger partial charge in [0.15, 0.2) is 6.61 Å². The minimum absolute atomic E-state index is 0.170. The molecule has 0 saturated carbocycles. The first-order valence-electron chi connectivity index (χ1n) is 8.84. The maximum atomic E-state index is 12.6. The van der Waals surface area contributed by atoms with Crippen LogP contribution in [-0.2, 0) is 20.9 Å². The highest BCUT2D eigenvalue weighted by atomic mass is 35.5. The summed E-state index contributed by atoms with van der Waals surface area (Å²) in [6.07, 6.45) is 1.65. The fourth-order valence-electron chi connectivity index (χ4n) is 2.57. The number of benzene rings is 2. The van der Waals surface area contributed by atoms with Gasteiger partial charge >= 0.3 is 5.97 Å². The second-order valence-electron chi connectivity index (χ2n) is 6.06. The topological polar surface area (TPSA) is 72.9 Å². The lowest BCUT2D eigenvalue weighted by Crippen LogP contribution is -2.27. The monoisotopic (exact) mass is 431 g/mol. The highest BCUT2D eigenvalue weighted by Crippen LogP contribution is 2.33. The van der Waals surface area contributed by atoms with Gasteiger partial charge < -0.3 is 9.47 Å². The summed E-state index contributed by atoms with van der Waals surface area (Å²) in [5, 5.41) is 0.281. The minimum atomic E-state index is -0.439. The van der Waals surface area contributed by atoms with Gasteiger partial charge in [-0.25, -0.2) is 4.79 Å². The number of rotatable bonds is 7. The van der Waals surface area contributed by atoms with Gasteiger partial charge in [-0.1, -0.05) is 35.9 Å². The summed E-state index contributed by atoms with van der Waals surface area (Å²) in [6.45, 7) is 2.05. The first kappa shape index (κ1) is 21.0. The zero-order valence-electron chi connectivity index (χ0n) is 15.6. The van der Waals surface area contributed by atoms with E-state index in [-0.39, 0.29) is 24.3 Å². The van der Waals surface area contributed by atoms with E-state index < -0.39 is 5.97 Å². The summed E-state index contributed by atoms with van der Waals surface area (Å²) in [4.78, 5) is 37.7. The van der Waals surface area contributed by atoms with Crippen LogP contribution in [0.2, 0.25) is 5.02 Å². The molecule has 0 radical (unpaired) electrons. The van der Waals surface area contributed by atoms with Gasteiger partial charge in [-0.15, -0.1) is 0 Å². The van der Waals surface area contributed by atoms with Crippen molar-refractivity contribution < 1.29 is 23.9 Å². The Morgan fingerprint density at radius 2 is 1.79 bits per heavy atom. The van der Waals surface area contributed by atoms with Gasteiger partial charge in [-0.3, -0.25) is 14.5 Å². The summed E-state index contributed by atoms with van der Waals surface area (Å²) >= 11 is 6.77. The first-order chi connectivity index (χ1) is 14.0. The Bertz CT molecular complexity index is 941. The van der Waals surface area contributed by atoms with Crippen LogP contribution in [0.15, 0.2) is 53.4 Å². The minimum Gasteiger partial charge on any atom is -0.482 e. The standard InChI is InChI=1S/C21H18ClNO5S/c1-2-27-19(24)13-28-17-9-5-14(6-10-17)11-18-20(25)23(21(26)29-18)12-15-3-7-16(22)8-4-15/h3-11H,2,12-13H2,1H3/b18-11-. The van der Waals surface area contributed by atoms with Crippen molar-refractivity contribution in [2.75, 3.05) is 13.2 Å². The molecule has 1 heterocycles. The molecule has 0 spiro atoms. The molecule has 8 heteroatoms. The van der Waals surface area contributed by atoms with Crippen molar-refractivity contribution in [1.29, 1.82) is 0 Å². The molecule has 0 atom stereocenters. The van der Waals surface area contributed by atoms with E-state index in [1.807, 2.05) is 0 Å². The predicted molar refractivity (Wildman–Crippen MR) is 112 cm³/mol. The number of thioether (sulfide) groups is 1. The molecule has 6 nitrogen and oxygen atoms in total. The van der Waals surface area contributed by atoms with Gasteiger partial charge in [0.1, 0.15) is 5.75 Å². The summed E-state index contributed by atoms with van der Waals surface area (Å²) in [6, 6.07) is 13.9. The van der Waals surface area contributed by atoms with Crippen molar-refractivity contribution in [1.82, 2.24) is 4.90 Å². The van der Waals surface area contributed by atoms with Crippen LogP contribution in [0.4, 0.5) is 4.79 Å². The summed E-state index contributed by atoms with van der Waals surface area (Å²) < 4.78 is 10.1. The summed E-state index contributed by atoms with van der Waals surface area (Å²) in [5.41, 5.74) is 1.56. The van der Waals surface area contributed by atoms with Crippen LogP contribution in [0.1, 0.15) is 18.1 Å². The zero-order chi connectivity index (χ0) is 20.8. The number of nitrogens with zero attached hydrogens (tertiary/aromatic N) is 1. The molecule has 1 aliphatic heterocycles. The Balaban J connectivity index is 1.64. The summed E-state index contributed by atoms with van der Waals surface area (Å²) in [7, 11) is 0. The molecule has 0 bridgehead atoms. The Morgan fingerprint density at radius 1 is 1.10 bits per heavy atom. The highest BCUT2D eigenvalue weighted by Gasteiger charge is 2.34. The smallest absolute Gasteiger partial charge is 0.344 e. The predicted octanol–water partition coefficient (Wildman–Crippen LogP) is 4.52. The van der Waals surface area contributed by atoms with Gasteiger partial charge in [-0.05, 0) is 60.2 Å². The van der Waals surface area contributed by atoms with Gasteiger partial charge in [-0.2, -0.15) is 0 Å². The number of carbonyl (C=O) groups is 3. The fraction of sp³-hybridized carbons (Fsp3) is 0.190. The number of hydrogen-bond donors (Lipinski definition) is 0. The van der Waals surface area contributed by atoms with Crippen molar-refractivity contribution >= 4 is 46.6 Å². The van der Waals surface area contributed by atoms with Crippen LogP contribution in [0.3, 0.4) is 0 Å². The van der Waals surface area contributed by atoms with E-state index in [2.05, 4.69) is 0 Å². The summed E-state index contributed by atoms with van der Waals surface area (Å²) in [5.74, 6) is -0.269. The molecule has 2 aromatic rings. The Kier molecular flexibility index (Phi) is 6.95. The number of ether oxygens (including phenoxy) is 2. The zero-order valence-corrected chi connectivity index (χ0v) is 17.2. The average Bonchev–Trinajstić information content (AvgIpc) is 2.97. The molecule has 1 fully saturated rings. The number of hydrogen-bond acceptors (Lipinski definition) is 6. The van der Waals surface area contributed by atoms with Crippen molar-refractivity contribution in [2.45, 2.75) is 13.5 Å². The Hall–Kier alpha value is -2.77. The Labute approximate surface area is 177 Å². The van der Waals surface area contributed by atoms with E-state index in [0.29, 0.717) is 22.3 Å².